The lowest BCUT2D eigenvalue weighted by Gasteiger charge is -2.05. The molecule has 0 aliphatic heterocycles. The molecule has 0 aromatic carbocycles. The van der Waals surface area contributed by atoms with Crippen LogP contribution in [0.5, 0.6) is 0 Å². The van der Waals surface area contributed by atoms with Crippen LogP contribution in [-0.2, 0) is 11.2 Å². The van der Waals surface area contributed by atoms with E-state index < -0.39 is 5.97 Å². The average Bonchev–Trinajstić information content (AvgIpc) is 2.92. The van der Waals surface area contributed by atoms with Gasteiger partial charge in [-0.1, -0.05) is 12.8 Å². The van der Waals surface area contributed by atoms with Crippen LogP contribution < -0.4 is 0 Å². The van der Waals surface area contributed by atoms with E-state index in [9.17, 15) is 4.79 Å². The largest absolute Gasteiger partial charge is 0.481 e. The minimum atomic E-state index is -0.706. The van der Waals surface area contributed by atoms with Gasteiger partial charge in [0.1, 0.15) is 5.92 Å². The molecule has 0 radical (unpaired) electrons. The van der Waals surface area contributed by atoms with Gasteiger partial charge < -0.3 is 5.11 Å². The maximum atomic E-state index is 11.1. The summed E-state index contributed by atoms with van der Waals surface area (Å²) >= 11 is 1.77. The summed E-state index contributed by atoms with van der Waals surface area (Å²) in [4.78, 5) is 16.9. The molecule has 4 heteroatoms. The number of nitrogens with zero attached hydrogens (tertiary/aromatic N) is 1. The first-order valence-corrected chi connectivity index (χ1v) is 6.79. The molecule has 1 unspecified atom stereocenters. The van der Waals surface area contributed by atoms with Crippen molar-refractivity contribution in [3.05, 3.63) is 15.6 Å². The Kier molecular flexibility index (Phi) is 2.46. The number of hydrogen-bond donors (Lipinski definition) is 1. The van der Waals surface area contributed by atoms with Crippen molar-refractivity contribution in [1.29, 1.82) is 0 Å². The summed E-state index contributed by atoms with van der Waals surface area (Å²) in [6.45, 7) is 0. The second-order valence-corrected chi connectivity index (χ2v) is 5.89. The van der Waals surface area contributed by atoms with Crippen molar-refractivity contribution in [3.63, 3.8) is 0 Å². The Morgan fingerprint density at radius 1 is 1.31 bits per heavy atom. The van der Waals surface area contributed by atoms with Crippen molar-refractivity contribution in [1.82, 2.24) is 4.98 Å². The number of hydrogen-bond acceptors (Lipinski definition) is 3. The van der Waals surface area contributed by atoms with Crippen LogP contribution in [-0.4, -0.2) is 16.1 Å². The van der Waals surface area contributed by atoms with Gasteiger partial charge in [0.15, 0.2) is 0 Å². The molecule has 0 amide bonds. The van der Waals surface area contributed by atoms with E-state index in [1.807, 2.05) is 0 Å². The number of carbonyl (C=O) groups is 1. The first kappa shape index (κ1) is 10.3. The Labute approximate surface area is 98.5 Å². The zero-order chi connectivity index (χ0) is 11.1. The number of thiazole rings is 1. The van der Waals surface area contributed by atoms with Gasteiger partial charge in [0.25, 0.3) is 0 Å². The monoisotopic (exact) mass is 237 g/mol. The summed E-state index contributed by atoms with van der Waals surface area (Å²) in [6, 6.07) is 0. The van der Waals surface area contributed by atoms with Gasteiger partial charge >= 0.3 is 5.97 Å². The van der Waals surface area contributed by atoms with Crippen molar-refractivity contribution < 1.29 is 9.90 Å². The third kappa shape index (κ3) is 1.56. The summed E-state index contributed by atoms with van der Waals surface area (Å²) in [5.74, 6) is -0.423. The van der Waals surface area contributed by atoms with Crippen molar-refractivity contribution in [2.24, 2.45) is 0 Å². The number of fused-ring (bicyclic) bond motifs is 1. The van der Waals surface area contributed by atoms with Gasteiger partial charge in [0.05, 0.1) is 10.7 Å². The molecule has 1 heterocycles. The lowest BCUT2D eigenvalue weighted by atomic mass is 10.1. The van der Waals surface area contributed by atoms with Crippen LogP contribution in [0.1, 0.15) is 59.5 Å². The van der Waals surface area contributed by atoms with Crippen LogP contribution in [0.25, 0.3) is 0 Å². The van der Waals surface area contributed by atoms with Crippen molar-refractivity contribution in [2.45, 2.75) is 50.4 Å². The highest BCUT2D eigenvalue weighted by Crippen LogP contribution is 2.42. The molecule has 1 aromatic heterocycles. The van der Waals surface area contributed by atoms with Crippen LogP contribution in [0.3, 0.4) is 0 Å². The number of carboxylic acid groups (broad SMARTS) is 1. The standard InChI is InChI=1S/C12H15NO2S/c14-12(15)8-5-6-9-10(8)13-11(16-9)7-3-1-2-4-7/h7-8H,1-6H2,(H,14,15). The number of aliphatic carboxylic acids is 1. The van der Waals surface area contributed by atoms with Crippen LogP contribution in [0.4, 0.5) is 0 Å². The van der Waals surface area contributed by atoms with E-state index in [0.717, 1.165) is 18.5 Å². The van der Waals surface area contributed by atoms with E-state index >= 15 is 0 Å². The molecule has 2 aliphatic carbocycles. The minimum Gasteiger partial charge on any atom is -0.481 e. The van der Waals surface area contributed by atoms with Gasteiger partial charge in [-0.2, -0.15) is 0 Å². The highest BCUT2D eigenvalue weighted by atomic mass is 32.1. The molecule has 2 aliphatic rings. The zero-order valence-corrected chi connectivity index (χ0v) is 9.92. The number of rotatable bonds is 2. The van der Waals surface area contributed by atoms with Crippen molar-refractivity contribution in [3.8, 4) is 0 Å². The van der Waals surface area contributed by atoms with Crippen molar-refractivity contribution in [2.75, 3.05) is 0 Å². The summed E-state index contributed by atoms with van der Waals surface area (Å²) in [6.07, 6.45) is 6.74. The van der Waals surface area contributed by atoms with E-state index in [-0.39, 0.29) is 5.92 Å². The Bertz CT molecular complexity index is 421. The van der Waals surface area contributed by atoms with E-state index in [1.165, 1.54) is 35.6 Å². The van der Waals surface area contributed by atoms with Crippen molar-refractivity contribution >= 4 is 17.3 Å². The molecule has 1 saturated carbocycles. The quantitative estimate of drug-likeness (QED) is 0.860. The van der Waals surface area contributed by atoms with Crippen LogP contribution in [0, 0.1) is 0 Å². The first-order valence-electron chi connectivity index (χ1n) is 5.98. The smallest absolute Gasteiger partial charge is 0.312 e. The Morgan fingerprint density at radius 3 is 2.75 bits per heavy atom. The number of aryl methyl sites for hydroxylation is 1. The predicted octanol–water partition coefficient (Wildman–Crippen LogP) is 2.92. The van der Waals surface area contributed by atoms with Gasteiger partial charge in [-0.25, -0.2) is 4.98 Å². The first-order chi connectivity index (χ1) is 7.75. The fourth-order valence-corrected chi connectivity index (χ4v) is 4.14. The average molecular weight is 237 g/mol. The summed E-state index contributed by atoms with van der Waals surface area (Å²) < 4.78 is 0. The third-order valence-corrected chi connectivity index (χ3v) is 5.03. The summed E-state index contributed by atoms with van der Waals surface area (Å²) in [7, 11) is 0. The van der Waals surface area contributed by atoms with Gasteiger partial charge in [0.2, 0.25) is 0 Å². The molecule has 0 bridgehead atoms. The van der Waals surface area contributed by atoms with Gasteiger partial charge in [-0.05, 0) is 25.7 Å². The lowest BCUT2D eigenvalue weighted by Crippen LogP contribution is -2.09. The van der Waals surface area contributed by atoms with E-state index in [2.05, 4.69) is 4.98 Å². The van der Waals surface area contributed by atoms with Gasteiger partial charge in [-0.3, -0.25) is 4.79 Å². The summed E-state index contributed by atoms with van der Waals surface area (Å²) in [5, 5.41) is 10.3. The van der Waals surface area contributed by atoms with E-state index in [4.69, 9.17) is 5.11 Å². The molecule has 1 fully saturated rings. The Morgan fingerprint density at radius 2 is 2.06 bits per heavy atom. The summed E-state index contributed by atoms with van der Waals surface area (Å²) in [5.41, 5.74) is 0.874. The molecule has 3 rings (SSSR count). The maximum Gasteiger partial charge on any atom is 0.312 e. The van der Waals surface area contributed by atoms with Crippen LogP contribution in [0.2, 0.25) is 0 Å². The van der Waals surface area contributed by atoms with E-state index in [1.54, 1.807) is 11.3 Å². The fraction of sp³-hybridized carbons (Fsp3) is 0.667. The Balaban J connectivity index is 1.89. The van der Waals surface area contributed by atoms with Gasteiger partial charge in [-0.15, -0.1) is 11.3 Å². The molecule has 3 nitrogen and oxygen atoms in total. The lowest BCUT2D eigenvalue weighted by molar-refractivity contribution is -0.138. The highest BCUT2D eigenvalue weighted by Gasteiger charge is 2.33. The van der Waals surface area contributed by atoms with Crippen LogP contribution in [0.15, 0.2) is 0 Å². The third-order valence-electron chi connectivity index (χ3n) is 3.74. The van der Waals surface area contributed by atoms with E-state index in [0.29, 0.717) is 5.92 Å². The SMILES string of the molecule is O=C(O)C1CCc2sc(C3CCCC3)nc21. The second kappa shape index (κ2) is 3.84. The number of aromatic nitrogens is 1. The molecular weight excluding hydrogens is 222 g/mol. The second-order valence-electron chi connectivity index (χ2n) is 4.77. The molecule has 16 heavy (non-hydrogen) atoms. The molecule has 1 N–H and O–H groups in total. The Hall–Kier alpha value is -0.900. The molecule has 0 spiro atoms. The minimum absolute atomic E-state index is 0.332. The molecule has 1 atom stereocenters. The predicted molar refractivity (Wildman–Crippen MR) is 62.0 cm³/mol. The number of carboxylic acids is 1. The zero-order valence-electron chi connectivity index (χ0n) is 9.11. The normalized spacial score (nSPS) is 24.9. The molecule has 86 valence electrons. The maximum absolute atomic E-state index is 11.1. The highest BCUT2D eigenvalue weighted by molar-refractivity contribution is 7.11. The molecule has 1 aromatic rings. The molecular formula is C12H15NO2S. The van der Waals surface area contributed by atoms with Gasteiger partial charge in [0, 0.05) is 10.8 Å². The van der Waals surface area contributed by atoms with Crippen LogP contribution >= 0.6 is 11.3 Å². The fourth-order valence-electron chi connectivity index (χ4n) is 2.83. The topological polar surface area (TPSA) is 50.2 Å². The molecule has 0 saturated heterocycles.